The first-order chi connectivity index (χ1) is 14.8. The molecule has 1 amide bonds. The number of halogens is 2. The number of benzene rings is 1. The number of aryl methyl sites for hydroxylation is 2. The first-order valence-corrected chi connectivity index (χ1v) is 10.4. The summed E-state index contributed by atoms with van der Waals surface area (Å²) in [5.74, 6) is -2.23. The third-order valence-corrected chi connectivity index (χ3v) is 5.73. The van der Waals surface area contributed by atoms with Gasteiger partial charge in [0.25, 0.3) is 11.8 Å². The predicted molar refractivity (Wildman–Crippen MR) is 114 cm³/mol. The van der Waals surface area contributed by atoms with Gasteiger partial charge in [-0.3, -0.25) is 14.7 Å². The molecular formula is C23H25F2N5O. The number of nitrogens with one attached hydrogen (secondary N) is 1. The van der Waals surface area contributed by atoms with E-state index in [-0.39, 0.29) is 44.4 Å². The molecule has 0 aliphatic carbocycles. The Bertz CT molecular complexity index is 1080. The topological polar surface area (TPSA) is 71.0 Å². The summed E-state index contributed by atoms with van der Waals surface area (Å²) >= 11 is 0. The Morgan fingerprint density at radius 1 is 1.13 bits per heavy atom. The second-order valence-corrected chi connectivity index (χ2v) is 8.01. The highest BCUT2D eigenvalue weighted by atomic mass is 19.3. The Balaban J connectivity index is 1.55. The molecule has 0 spiro atoms. The van der Waals surface area contributed by atoms with E-state index in [0.29, 0.717) is 11.4 Å². The van der Waals surface area contributed by atoms with Crippen LogP contribution in [0.4, 0.5) is 8.78 Å². The van der Waals surface area contributed by atoms with Crippen molar-refractivity contribution in [3.8, 4) is 0 Å². The molecule has 2 aromatic heterocycles. The molecule has 1 saturated heterocycles. The smallest absolute Gasteiger partial charge is 0.252 e. The normalized spacial score (nSPS) is 17.4. The molecule has 3 heterocycles. The largest absolute Gasteiger partial charge is 0.350 e. The average molecular weight is 425 g/mol. The van der Waals surface area contributed by atoms with Crippen LogP contribution in [0.5, 0.6) is 0 Å². The Hall–Kier alpha value is -3.00. The fourth-order valence-corrected chi connectivity index (χ4v) is 3.93. The van der Waals surface area contributed by atoms with Crippen molar-refractivity contribution in [2.75, 3.05) is 19.6 Å². The first-order valence-electron chi connectivity index (χ1n) is 10.4. The minimum atomic E-state index is -2.64. The van der Waals surface area contributed by atoms with E-state index in [1.165, 1.54) is 0 Å². The van der Waals surface area contributed by atoms with Crippen LogP contribution in [-0.4, -0.2) is 51.3 Å². The van der Waals surface area contributed by atoms with Crippen LogP contribution in [-0.2, 0) is 0 Å². The maximum Gasteiger partial charge on any atom is 0.252 e. The molecule has 6 nitrogen and oxygen atoms in total. The van der Waals surface area contributed by atoms with Gasteiger partial charge in [0, 0.05) is 67.1 Å². The quantitative estimate of drug-likeness (QED) is 0.673. The van der Waals surface area contributed by atoms with Gasteiger partial charge in [0.1, 0.15) is 5.82 Å². The summed E-state index contributed by atoms with van der Waals surface area (Å²) in [5.41, 5.74) is 2.97. The summed E-state index contributed by atoms with van der Waals surface area (Å²) in [6.07, 6.45) is 3.02. The summed E-state index contributed by atoms with van der Waals surface area (Å²) in [6, 6.07) is 8.93. The van der Waals surface area contributed by atoms with E-state index < -0.39 is 5.92 Å². The van der Waals surface area contributed by atoms with Gasteiger partial charge in [-0.2, -0.15) is 0 Å². The number of aromatic nitrogens is 3. The van der Waals surface area contributed by atoms with Gasteiger partial charge >= 0.3 is 0 Å². The third-order valence-electron chi connectivity index (χ3n) is 5.73. The van der Waals surface area contributed by atoms with Crippen molar-refractivity contribution in [3.63, 3.8) is 0 Å². The molecule has 1 atom stereocenters. The van der Waals surface area contributed by atoms with Gasteiger partial charge in [0.2, 0.25) is 0 Å². The van der Waals surface area contributed by atoms with E-state index in [1.807, 2.05) is 36.1 Å². The highest BCUT2D eigenvalue weighted by molar-refractivity contribution is 6.06. The van der Waals surface area contributed by atoms with Gasteiger partial charge in [-0.25, -0.2) is 18.7 Å². The summed E-state index contributed by atoms with van der Waals surface area (Å²) in [6.45, 7) is 4.46. The van der Waals surface area contributed by atoms with Crippen molar-refractivity contribution in [3.05, 3.63) is 65.4 Å². The second kappa shape index (κ2) is 8.63. The Morgan fingerprint density at radius 3 is 2.55 bits per heavy atom. The van der Waals surface area contributed by atoms with Gasteiger partial charge in [-0.05, 0) is 32.0 Å². The first kappa shape index (κ1) is 21.2. The SMILES string of the molecule is Cc1ccc2c(C(=O)NCC(c3cnc(C)nc3)N3CCC(F)(F)CC3)cccc2n1. The van der Waals surface area contributed by atoms with Crippen LogP contribution in [0.15, 0.2) is 42.7 Å². The maximum absolute atomic E-state index is 13.7. The van der Waals surface area contributed by atoms with Gasteiger partial charge in [-0.1, -0.05) is 12.1 Å². The van der Waals surface area contributed by atoms with E-state index >= 15 is 0 Å². The number of carbonyl (C=O) groups excluding carboxylic acids is 1. The number of alkyl halides is 2. The zero-order valence-corrected chi connectivity index (χ0v) is 17.6. The Morgan fingerprint density at radius 2 is 1.84 bits per heavy atom. The number of hydrogen-bond donors (Lipinski definition) is 1. The summed E-state index contributed by atoms with van der Waals surface area (Å²) in [4.78, 5) is 28.0. The number of nitrogens with zero attached hydrogens (tertiary/aromatic N) is 4. The third kappa shape index (κ3) is 4.85. The molecule has 8 heteroatoms. The highest BCUT2D eigenvalue weighted by Gasteiger charge is 2.36. The Labute approximate surface area is 179 Å². The molecule has 3 aromatic rings. The molecule has 1 aromatic carbocycles. The molecule has 1 aliphatic heterocycles. The van der Waals surface area contributed by atoms with Crippen LogP contribution in [0.1, 0.15) is 46.3 Å². The monoisotopic (exact) mass is 425 g/mol. The molecular weight excluding hydrogens is 400 g/mol. The summed E-state index contributed by atoms with van der Waals surface area (Å²) in [7, 11) is 0. The molecule has 1 fully saturated rings. The molecule has 0 bridgehead atoms. The number of rotatable bonds is 5. The lowest BCUT2D eigenvalue weighted by Crippen LogP contribution is -2.45. The van der Waals surface area contributed by atoms with E-state index in [4.69, 9.17) is 0 Å². The lowest BCUT2D eigenvalue weighted by Gasteiger charge is -2.37. The van der Waals surface area contributed by atoms with Crippen LogP contribution < -0.4 is 5.32 Å². The van der Waals surface area contributed by atoms with Crippen LogP contribution >= 0.6 is 0 Å². The average Bonchev–Trinajstić information content (AvgIpc) is 2.75. The lowest BCUT2D eigenvalue weighted by molar-refractivity contribution is -0.0632. The molecule has 1 N–H and O–H groups in total. The number of amides is 1. The number of likely N-dealkylation sites (tertiary alicyclic amines) is 1. The number of pyridine rings is 1. The van der Waals surface area contributed by atoms with Crippen molar-refractivity contribution in [2.45, 2.75) is 38.7 Å². The van der Waals surface area contributed by atoms with Gasteiger partial charge < -0.3 is 5.32 Å². The summed E-state index contributed by atoms with van der Waals surface area (Å²) < 4.78 is 27.4. The minimum absolute atomic E-state index is 0.196. The van der Waals surface area contributed by atoms with E-state index in [0.717, 1.165) is 22.2 Å². The van der Waals surface area contributed by atoms with Crippen LogP contribution in [0.25, 0.3) is 10.9 Å². The Kier molecular flexibility index (Phi) is 5.91. The van der Waals surface area contributed by atoms with Crippen LogP contribution in [0, 0.1) is 13.8 Å². The van der Waals surface area contributed by atoms with E-state index in [9.17, 15) is 13.6 Å². The molecule has 1 unspecified atom stereocenters. The molecule has 4 rings (SSSR count). The number of piperidine rings is 1. The van der Waals surface area contributed by atoms with E-state index in [2.05, 4.69) is 20.3 Å². The number of carbonyl (C=O) groups is 1. The van der Waals surface area contributed by atoms with Gasteiger partial charge in [-0.15, -0.1) is 0 Å². The van der Waals surface area contributed by atoms with Crippen LogP contribution in [0.2, 0.25) is 0 Å². The molecule has 162 valence electrons. The molecule has 31 heavy (non-hydrogen) atoms. The van der Waals surface area contributed by atoms with Gasteiger partial charge in [0.15, 0.2) is 0 Å². The minimum Gasteiger partial charge on any atom is -0.350 e. The number of fused-ring (bicyclic) bond motifs is 1. The van der Waals surface area contributed by atoms with Crippen molar-refractivity contribution in [1.82, 2.24) is 25.2 Å². The summed E-state index contributed by atoms with van der Waals surface area (Å²) in [5, 5.41) is 3.76. The van der Waals surface area contributed by atoms with Crippen molar-refractivity contribution < 1.29 is 13.6 Å². The molecule has 1 aliphatic rings. The second-order valence-electron chi connectivity index (χ2n) is 8.01. The fourth-order valence-electron chi connectivity index (χ4n) is 3.93. The standard InChI is InChI=1S/C23H25F2N5O/c1-15-6-7-18-19(4-3-5-20(18)29-15)22(31)28-14-21(17-12-26-16(2)27-13-17)30-10-8-23(24,25)9-11-30/h3-7,12-13,21H,8-11,14H2,1-2H3,(H,28,31). The zero-order valence-electron chi connectivity index (χ0n) is 17.6. The van der Waals surface area contributed by atoms with Crippen LogP contribution in [0.3, 0.4) is 0 Å². The molecule has 0 saturated carbocycles. The highest BCUT2D eigenvalue weighted by Crippen LogP contribution is 2.32. The zero-order chi connectivity index (χ0) is 22.0. The van der Waals surface area contributed by atoms with Gasteiger partial charge in [0.05, 0.1) is 11.6 Å². The predicted octanol–water partition coefficient (Wildman–Crippen LogP) is 3.84. The van der Waals surface area contributed by atoms with E-state index in [1.54, 1.807) is 25.4 Å². The fraction of sp³-hybridized carbons (Fsp3) is 0.391. The lowest BCUT2D eigenvalue weighted by atomic mass is 10.0. The van der Waals surface area contributed by atoms with Crippen molar-refractivity contribution in [1.29, 1.82) is 0 Å². The van der Waals surface area contributed by atoms with Crippen molar-refractivity contribution in [2.24, 2.45) is 0 Å². The number of hydrogen-bond acceptors (Lipinski definition) is 5. The maximum atomic E-state index is 13.7. The molecule has 0 radical (unpaired) electrons. The van der Waals surface area contributed by atoms with Crippen molar-refractivity contribution >= 4 is 16.8 Å².